The Bertz CT molecular complexity index is 243. The van der Waals surface area contributed by atoms with Gasteiger partial charge in [0.1, 0.15) is 5.78 Å². The molecule has 0 aromatic heterocycles. The fourth-order valence-electron chi connectivity index (χ4n) is 3.33. The quantitative estimate of drug-likeness (QED) is 0.637. The molecule has 0 spiro atoms. The highest BCUT2D eigenvalue weighted by Crippen LogP contribution is 2.28. The molecule has 0 aromatic rings. The first-order chi connectivity index (χ1) is 7.70. The number of ketones is 1. The van der Waals surface area contributed by atoms with Crippen LogP contribution in [0.1, 0.15) is 58.8 Å². The van der Waals surface area contributed by atoms with Crippen LogP contribution in [0.5, 0.6) is 0 Å². The molecule has 2 unspecified atom stereocenters. The van der Waals surface area contributed by atoms with E-state index in [2.05, 4.69) is 18.7 Å². The van der Waals surface area contributed by atoms with Gasteiger partial charge >= 0.3 is 0 Å². The molecule has 0 amide bonds. The summed E-state index contributed by atoms with van der Waals surface area (Å²) in [6.07, 6.45) is 9.07. The summed E-state index contributed by atoms with van der Waals surface area (Å²) >= 11 is 0. The van der Waals surface area contributed by atoms with Crippen LogP contribution in [0.2, 0.25) is 0 Å². The van der Waals surface area contributed by atoms with Gasteiger partial charge in [-0.05, 0) is 19.8 Å². The first-order valence-corrected chi connectivity index (χ1v) is 6.98. The van der Waals surface area contributed by atoms with Crippen LogP contribution in [-0.4, -0.2) is 29.3 Å². The van der Waals surface area contributed by atoms with Gasteiger partial charge in [-0.2, -0.15) is 0 Å². The maximum Gasteiger partial charge on any atom is 0.138 e. The summed E-state index contributed by atoms with van der Waals surface area (Å²) in [6.45, 7) is 5.36. The normalized spacial score (nSPS) is 35.0. The van der Waals surface area contributed by atoms with Crippen molar-refractivity contribution in [3.05, 3.63) is 0 Å². The van der Waals surface area contributed by atoms with Crippen LogP contribution < -0.4 is 0 Å². The molecule has 92 valence electrons. The van der Waals surface area contributed by atoms with Crippen LogP contribution in [0.3, 0.4) is 0 Å². The van der Waals surface area contributed by atoms with Crippen LogP contribution in [0.25, 0.3) is 0 Å². The highest BCUT2D eigenvalue weighted by molar-refractivity contribution is 5.82. The maximum atomic E-state index is 11.7. The molecule has 2 heteroatoms. The zero-order valence-electron chi connectivity index (χ0n) is 10.7. The van der Waals surface area contributed by atoms with Gasteiger partial charge in [0.25, 0.3) is 0 Å². The van der Waals surface area contributed by atoms with E-state index >= 15 is 0 Å². The lowest BCUT2D eigenvalue weighted by atomic mass is 9.88. The molecule has 0 radical (unpaired) electrons. The number of nitrogens with zero attached hydrogens (tertiary/aromatic N) is 1. The number of piperidine rings is 1. The second-order valence-electron chi connectivity index (χ2n) is 5.63. The van der Waals surface area contributed by atoms with Gasteiger partial charge in [0, 0.05) is 31.0 Å². The predicted octanol–water partition coefficient (Wildman–Crippen LogP) is 3.01. The number of hydrogen-bond donors (Lipinski definition) is 0. The van der Waals surface area contributed by atoms with Crippen LogP contribution in [0.15, 0.2) is 0 Å². The summed E-state index contributed by atoms with van der Waals surface area (Å²) < 4.78 is 0. The second kappa shape index (κ2) is 5.31. The number of Topliss-reactive ketones (excluding diaryl/α,β-unsaturated/α-hetero) is 1. The monoisotopic (exact) mass is 223 g/mol. The van der Waals surface area contributed by atoms with Crippen LogP contribution >= 0.6 is 0 Å². The lowest BCUT2D eigenvalue weighted by Gasteiger charge is -2.42. The second-order valence-corrected chi connectivity index (χ2v) is 5.63. The van der Waals surface area contributed by atoms with Gasteiger partial charge in [0.05, 0.1) is 0 Å². The van der Waals surface area contributed by atoms with E-state index in [4.69, 9.17) is 0 Å². The van der Waals surface area contributed by atoms with E-state index in [0.717, 1.165) is 19.0 Å². The summed E-state index contributed by atoms with van der Waals surface area (Å²) in [4.78, 5) is 14.3. The van der Waals surface area contributed by atoms with E-state index in [1.165, 1.54) is 38.5 Å². The fourth-order valence-corrected chi connectivity index (χ4v) is 3.33. The summed E-state index contributed by atoms with van der Waals surface area (Å²) in [7, 11) is 0. The molecule has 2 aliphatic rings. The highest BCUT2D eigenvalue weighted by atomic mass is 16.1. The molecule has 1 heterocycles. The van der Waals surface area contributed by atoms with Crippen LogP contribution in [0.4, 0.5) is 0 Å². The molecule has 2 atom stereocenters. The third kappa shape index (κ3) is 2.48. The minimum Gasteiger partial charge on any atom is -0.299 e. The van der Waals surface area contributed by atoms with Gasteiger partial charge in [-0.15, -0.1) is 0 Å². The molecule has 0 N–H and O–H groups in total. The first kappa shape index (κ1) is 12.1. The van der Waals surface area contributed by atoms with Crippen LogP contribution in [-0.2, 0) is 4.79 Å². The highest BCUT2D eigenvalue weighted by Gasteiger charge is 2.34. The Kier molecular flexibility index (Phi) is 4.01. The Labute approximate surface area is 99.4 Å². The molecule has 1 saturated carbocycles. The zero-order chi connectivity index (χ0) is 11.5. The van der Waals surface area contributed by atoms with Crippen molar-refractivity contribution in [2.75, 3.05) is 6.54 Å². The average molecular weight is 223 g/mol. The number of likely N-dealkylation sites (tertiary alicyclic amines) is 1. The molecule has 1 aliphatic heterocycles. The molecule has 2 rings (SSSR count). The van der Waals surface area contributed by atoms with Crippen molar-refractivity contribution in [3.63, 3.8) is 0 Å². The summed E-state index contributed by atoms with van der Waals surface area (Å²) in [6, 6.07) is 1.22. The first-order valence-electron chi connectivity index (χ1n) is 6.98. The fraction of sp³-hybridized carbons (Fsp3) is 0.929. The van der Waals surface area contributed by atoms with E-state index < -0.39 is 0 Å². The van der Waals surface area contributed by atoms with Crippen molar-refractivity contribution in [2.24, 2.45) is 5.92 Å². The van der Waals surface area contributed by atoms with Crippen molar-refractivity contribution in [1.82, 2.24) is 4.90 Å². The third-order valence-electron chi connectivity index (χ3n) is 4.66. The van der Waals surface area contributed by atoms with E-state index in [1.807, 2.05) is 0 Å². The molecular formula is C14H25NO. The molecular weight excluding hydrogens is 198 g/mol. The Hall–Kier alpha value is -0.370. The van der Waals surface area contributed by atoms with Crippen molar-refractivity contribution in [1.29, 1.82) is 0 Å². The van der Waals surface area contributed by atoms with Gasteiger partial charge < -0.3 is 0 Å². The number of carbonyl (C=O) groups excluding carboxylic acids is 1. The van der Waals surface area contributed by atoms with Gasteiger partial charge in [0.2, 0.25) is 0 Å². The maximum absolute atomic E-state index is 11.7. The van der Waals surface area contributed by atoms with E-state index in [1.54, 1.807) is 0 Å². The largest absolute Gasteiger partial charge is 0.299 e. The standard InChI is InChI=1S/C14H25NO/c1-11-12(2)15(10-9-14(11)16)13-7-5-3-4-6-8-13/h11-13H,3-10H2,1-2H3. The summed E-state index contributed by atoms with van der Waals surface area (Å²) in [5, 5.41) is 0. The van der Waals surface area contributed by atoms with Crippen molar-refractivity contribution >= 4 is 5.78 Å². The van der Waals surface area contributed by atoms with Gasteiger partial charge in [-0.25, -0.2) is 0 Å². The lowest BCUT2D eigenvalue weighted by molar-refractivity contribution is -0.128. The van der Waals surface area contributed by atoms with E-state index in [-0.39, 0.29) is 5.92 Å². The van der Waals surface area contributed by atoms with Gasteiger partial charge in [-0.3, -0.25) is 9.69 Å². The van der Waals surface area contributed by atoms with Gasteiger partial charge in [0.15, 0.2) is 0 Å². The van der Waals surface area contributed by atoms with Gasteiger partial charge in [-0.1, -0.05) is 32.6 Å². The molecule has 1 aliphatic carbocycles. The average Bonchev–Trinajstić information content (AvgIpc) is 2.55. The lowest BCUT2D eigenvalue weighted by Crippen LogP contribution is -2.51. The molecule has 2 fully saturated rings. The predicted molar refractivity (Wildman–Crippen MR) is 66.4 cm³/mol. The minimum atomic E-state index is 0.247. The smallest absolute Gasteiger partial charge is 0.138 e. The molecule has 1 saturated heterocycles. The number of carbonyl (C=O) groups is 1. The van der Waals surface area contributed by atoms with Crippen molar-refractivity contribution in [3.8, 4) is 0 Å². The number of rotatable bonds is 1. The van der Waals surface area contributed by atoms with Crippen LogP contribution in [0, 0.1) is 5.92 Å². The Morgan fingerprint density at radius 1 is 1.06 bits per heavy atom. The van der Waals surface area contributed by atoms with E-state index in [9.17, 15) is 4.79 Å². The SMILES string of the molecule is CC1C(=O)CCN(C2CCCCCC2)C1C. The topological polar surface area (TPSA) is 20.3 Å². The molecule has 2 nitrogen and oxygen atoms in total. The Balaban J connectivity index is 1.99. The minimum absolute atomic E-state index is 0.247. The summed E-state index contributed by atoms with van der Waals surface area (Å²) in [5.41, 5.74) is 0. The van der Waals surface area contributed by atoms with Crippen molar-refractivity contribution in [2.45, 2.75) is 70.9 Å². The molecule has 0 aromatic carbocycles. The Morgan fingerprint density at radius 2 is 1.69 bits per heavy atom. The zero-order valence-corrected chi connectivity index (χ0v) is 10.7. The molecule has 0 bridgehead atoms. The number of hydrogen-bond acceptors (Lipinski definition) is 2. The third-order valence-corrected chi connectivity index (χ3v) is 4.66. The van der Waals surface area contributed by atoms with Crippen molar-refractivity contribution < 1.29 is 4.79 Å². The Morgan fingerprint density at radius 3 is 2.31 bits per heavy atom. The molecule has 16 heavy (non-hydrogen) atoms. The summed E-state index contributed by atoms with van der Waals surface area (Å²) in [5.74, 6) is 0.717. The van der Waals surface area contributed by atoms with E-state index in [0.29, 0.717) is 11.8 Å².